The third-order valence-corrected chi connectivity index (χ3v) is 5.52. The molecule has 1 saturated carbocycles. The molecule has 0 radical (unpaired) electrons. The van der Waals surface area contributed by atoms with Crippen molar-refractivity contribution in [2.45, 2.75) is 39.5 Å². The lowest BCUT2D eigenvalue weighted by Crippen LogP contribution is -2.32. The summed E-state index contributed by atoms with van der Waals surface area (Å²) in [7, 11) is 0. The van der Waals surface area contributed by atoms with Gasteiger partial charge in [0.2, 0.25) is 11.8 Å². The summed E-state index contributed by atoms with van der Waals surface area (Å²) in [6, 6.07) is 14.8. The van der Waals surface area contributed by atoms with Crippen LogP contribution in [0.2, 0.25) is 0 Å². The molecule has 28 heavy (non-hydrogen) atoms. The van der Waals surface area contributed by atoms with E-state index in [1.54, 1.807) is 24.3 Å². The maximum atomic E-state index is 12.6. The fraction of sp³-hybridized carbons (Fsp3) is 0.348. The van der Waals surface area contributed by atoms with Gasteiger partial charge in [0.1, 0.15) is 0 Å². The molecule has 0 spiro atoms. The van der Waals surface area contributed by atoms with Crippen LogP contribution in [0.15, 0.2) is 42.5 Å². The molecule has 1 fully saturated rings. The number of carbonyl (C=O) groups is 2. The molecule has 2 aromatic rings. The molecule has 3 rings (SSSR count). The molecular formula is C23H25N3O2. The number of carbonyl (C=O) groups excluding carboxylic acids is 2. The molecule has 0 aliphatic heterocycles. The molecule has 5 nitrogen and oxygen atoms in total. The van der Waals surface area contributed by atoms with Crippen molar-refractivity contribution in [2.75, 3.05) is 10.6 Å². The number of rotatable bonds is 4. The van der Waals surface area contributed by atoms with Gasteiger partial charge in [-0.1, -0.05) is 6.07 Å². The van der Waals surface area contributed by atoms with Crippen LogP contribution in [0.25, 0.3) is 0 Å². The van der Waals surface area contributed by atoms with E-state index in [0.717, 1.165) is 11.3 Å². The molecule has 0 heterocycles. The quantitative estimate of drug-likeness (QED) is 0.822. The number of nitriles is 1. The molecule has 0 unspecified atom stereocenters. The van der Waals surface area contributed by atoms with E-state index in [9.17, 15) is 9.59 Å². The van der Waals surface area contributed by atoms with E-state index in [0.29, 0.717) is 36.9 Å². The molecule has 144 valence electrons. The van der Waals surface area contributed by atoms with Crippen LogP contribution in [0.5, 0.6) is 0 Å². The number of amides is 2. The van der Waals surface area contributed by atoms with Crippen LogP contribution in [-0.4, -0.2) is 11.8 Å². The number of hydrogen-bond acceptors (Lipinski definition) is 3. The highest BCUT2D eigenvalue weighted by atomic mass is 16.2. The van der Waals surface area contributed by atoms with E-state index in [-0.39, 0.29) is 23.7 Å². The largest absolute Gasteiger partial charge is 0.326 e. The van der Waals surface area contributed by atoms with E-state index in [1.807, 2.05) is 32.0 Å². The minimum absolute atomic E-state index is 0.0160. The van der Waals surface area contributed by atoms with Gasteiger partial charge in [0.25, 0.3) is 0 Å². The second kappa shape index (κ2) is 8.71. The Labute approximate surface area is 165 Å². The Balaban J connectivity index is 1.50. The van der Waals surface area contributed by atoms with Crippen LogP contribution in [0, 0.1) is 37.0 Å². The maximum absolute atomic E-state index is 12.6. The van der Waals surface area contributed by atoms with Gasteiger partial charge < -0.3 is 10.6 Å². The van der Waals surface area contributed by atoms with Gasteiger partial charge in [-0.25, -0.2) is 0 Å². The molecule has 1 aliphatic carbocycles. The van der Waals surface area contributed by atoms with E-state index in [4.69, 9.17) is 5.26 Å². The minimum atomic E-state index is -0.0821. The summed E-state index contributed by atoms with van der Waals surface area (Å²) < 4.78 is 0. The summed E-state index contributed by atoms with van der Waals surface area (Å²) in [4.78, 5) is 25.0. The Hall–Kier alpha value is -3.13. The van der Waals surface area contributed by atoms with Crippen LogP contribution < -0.4 is 10.6 Å². The van der Waals surface area contributed by atoms with Crippen molar-refractivity contribution < 1.29 is 9.59 Å². The number of aryl methyl sites for hydroxylation is 2. The van der Waals surface area contributed by atoms with Gasteiger partial charge in [-0.15, -0.1) is 0 Å². The average molecular weight is 375 g/mol. The van der Waals surface area contributed by atoms with Gasteiger partial charge in [-0.3, -0.25) is 9.59 Å². The third kappa shape index (κ3) is 4.77. The van der Waals surface area contributed by atoms with Gasteiger partial charge in [0.05, 0.1) is 11.6 Å². The fourth-order valence-corrected chi connectivity index (χ4v) is 3.55. The summed E-state index contributed by atoms with van der Waals surface area (Å²) >= 11 is 0. The SMILES string of the molecule is Cc1ccc(NC(=O)C2CCC(C(=O)Nc3ccc(C#N)cc3)CC2)cc1C. The number of nitrogens with one attached hydrogen (secondary N) is 2. The van der Waals surface area contributed by atoms with E-state index >= 15 is 0 Å². The van der Waals surface area contributed by atoms with E-state index < -0.39 is 0 Å². The van der Waals surface area contributed by atoms with Gasteiger partial charge in [-0.2, -0.15) is 5.26 Å². The van der Waals surface area contributed by atoms with E-state index in [2.05, 4.69) is 16.7 Å². The van der Waals surface area contributed by atoms with Crippen molar-refractivity contribution in [1.29, 1.82) is 5.26 Å². The van der Waals surface area contributed by atoms with E-state index in [1.165, 1.54) is 5.56 Å². The molecule has 0 saturated heterocycles. The summed E-state index contributed by atoms with van der Waals surface area (Å²) in [5.41, 5.74) is 4.44. The first kappa shape index (κ1) is 19.6. The number of nitrogens with zero attached hydrogens (tertiary/aromatic N) is 1. The Bertz CT molecular complexity index is 904. The Morgan fingerprint density at radius 1 is 0.821 bits per heavy atom. The van der Waals surface area contributed by atoms with Crippen molar-refractivity contribution >= 4 is 23.2 Å². The first-order chi connectivity index (χ1) is 13.5. The molecule has 2 amide bonds. The van der Waals surface area contributed by atoms with Crippen LogP contribution in [0.3, 0.4) is 0 Å². The number of anilines is 2. The molecule has 2 aromatic carbocycles. The summed E-state index contributed by atoms with van der Waals surface area (Å²) in [5.74, 6) is -0.117. The minimum Gasteiger partial charge on any atom is -0.326 e. The van der Waals surface area contributed by atoms with Gasteiger partial charge in [-0.05, 0) is 87.1 Å². The van der Waals surface area contributed by atoms with Gasteiger partial charge in [0.15, 0.2) is 0 Å². The highest BCUT2D eigenvalue weighted by Crippen LogP contribution is 2.31. The van der Waals surface area contributed by atoms with Crippen LogP contribution >= 0.6 is 0 Å². The van der Waals surface area contributed by atoms with Gasteiger partial charge in [0, 0.05) is 23.2 Å². The van der Waals surface area contributed by atoms with Crippen molar-refractivity contribution in [3.63, 3.8) is 0 Å². The number of hydrogen-bond donors (Lipinski definition) is 2. The lowest BCUT2D eigenvalue weighted by Gasteiger charge is -2.27. The fourth-order valence-electron chi connectivity index (χ4n) is 3.55. The zero-order valence-electron chi connectivity index (χ0n) is 16.3. The first-order valence-corrected chi connectivity index (χ1v) is 9.65. The molecule has 0 aromatic heterocycles. The standard InChI is InChI=1S/C23H25N3O2/c1-15-3-10-21(13-16(15)2)26-23(28)19-8-6-18(7-9-19)22(27)25-20-11-4-17(14-24)5-12-20/h3-5,10-13,18-19H,6-9H2,1-2H3,(H,25,27)(H,26,28). The molecule has 5 heteroatoms. The zero-order valence-corrected chi connectivity index (χ0v) is 16.3. The maximum Gasteiger partial charge on any atom is 0.227 e. The van der Waals surface area contributed by atoms with Crippen molar-refractivity contribution in [3.8, 4) is 6.07 Å². The topological polar surface area (TPSA) is 82.0 Å². The Morgan fingerprint density at radius 2 is 1.32 bits per heavy atom. The Kier molecular flexibility index (Phi) is 6.10. The van der Waals surface area contributed by atoms with Crippen LogP contribution in [0.1, 0.15) is 42.4 Å². The molecule has 0 bridgehead atoms. The zero-order chi connectivity index (χ0) is 20.1. The van der Waals surface area contributed by atoms with Crippen molar-refractivity contribution in [3.05, 3.63) is 59.2 Å². The van der Waals surface area contributed by atoms with Crippen LogP contribution in [-0.2, 0) is 9.59 Å². The predicted molar refractivity (Wildman–Crippen MR) is 110 cm³/mol. The monoisotopic (exact) mass is 375 g/mol. The lowest BCUT2D eigenvalue weighted by atomic mass is 9.81. The normalized spacial score (nSPS) is 18.8. The smallest absolute Gasteiger partial charge is 0.227 e. The van der Waals surface area contributed by atoms with Crippen LogP contribution in [0.4, 0.5) is 11.4 Å². The van der Waals surface area contributed by atoms with Crippen molar-refractivity contribution in [2.24, 2.45) is 11.8 Å². The Morgan fingerprint density at radius 3 is 1.82 bits per heavy atom. The first-order valence-electron chi connectivity index (χ1n) is 9.65. The highest BCUT2D eigenvalue weighted by Gasteiger charge is 2.30. The molecular weight excluding hydrogens is 350 g/mol. The molecule has 0 atom stereocenters. The highest BCUT2D eigenvalue weighted by molar-refractivity contribution is 5.94. The third-order valence-electron chi connectivity index (χ3n) is 5.52. The molecule has 1 aliphatic rings. The summed E-state index contributed by atoms with van der Waals surface area (Å²) in [6.45, 7) is 4.08. The summed E-state index contributed by atoms with van der Waals surface area (Å²) in [5, 5.41) is 14.8. The average Bonchev–Trinajstić information content (AvgIpc) is 2.71. The molecule has 2 N–H and O–H groups in total. The second-order valence-electron chi connectivity index (χ2n) is 7.52. The lowest BCUT2D eigenvalue weighted by molar-refractivity contribution is -0.125. The summed E-state index contributed by atoms with van der Waals surface area (Å²) in [6.07, 6.45) is 2.82. The van der Waals surface area contributed by atoms with Gasteiger partial charge >= 0.3 is 0 Å². The second-order valence-corrected chi connectivity index (χ2v) is 7.52. The van der Waals surface area contributed by atoms with Crippen molar-refractivity contribution in [1.82, 2.24) is 0 Å². The number of benzene rings is 2. The predicted octanol–water partition coefficient (Wildman–Crippen LogP) is 4.56.